The Morgan fingerprint density at radius 1 is 1.14 bits per heavy atom. The van der Waals surface area contributed by atoms with Gasteiger partial charge in [0, 0.05) is 13.0 Å². The van der Waals surface area contributed by atoms with Crippen LogP contribution in [0.1, 0.15) is 18.9 Å². The summed E-state index contributed by atoms with van der Waals surface area (Å²) in [5.74, 6) is 1.01. The highest BCUT2D eigenvalue weighted by molar-refractivity contribution is 5.76. The molecule has 2 aromatic carbocycles. The van der Waals surface area contributed by atoms with Gasteiger partial charge in [0.05, 0.1) is 0 Å². The quantitative estimate of drug-likeness (QED) is 0.880. The molecule has 21 heavy (non-hydrogen) atoms. The molecule has 2 rings (SSSR count). The molecule has 0 saturated carbocycles. The normalized spacial score (nSPS) is 10.2. The summed E-state index contributed by atoms with van der Waals surface area (Å²) in [6.45, 7) is 2.54. The van der Waals surface area contributed by atoms with Gasteiger partial charge < -0.3 is 10.1 Å². The number of hydrogen-bond acceptors (Lipinski definition) is 2. The lowest BCUT2D eigenvalue weighted by Gasteiger charge is -2.08. The van der Waals surface area contributed by atoms with Gasteiger partial charge in [0.25, 0.3) is 0 Å². The molecule has 0 unspecified atom stereocenters. The standard InChI is InChI=1S/C17H18FNO2/c1-2-19-17(20)11-6-13-4-3-5-16(12-13)21-15-9-7-14(18)8-10-15/h3-5,7-10,12H,2,6,11H2,1H3,(H,19,20). The van der Waals surface area contributed by atoms with Crippen molar-refractivity contribution in [1.29, 1.82) is 0 Å². The zero-order valence-corrected chi connectivity index (χ0v) is 11.9. The zero-order chi connectivity index (χ0) is 15.1. The van der Waals surface area contributed by atoms with Crippen molar-refractivity contribution in [1.82, 2.24) is 5.32 Å². The van der Waals surface area contributed by atoms with Gasteiger partial charge in [-0.15, -0.1) is 0 Å². The largest absolute Gasteiger partial charge is 0.457 e. The molecule has 0 radical (unpaired) electrons. The van der Waals surface area contributed by atoms with Crippen LogP contribution in [-0.4, -0.2) is 12.5 Å². The average Bonchev–Trinajstić information content (AvgIpc) is 2.48. The van der Waals surface area contributed by atoms with Gasteiger partial charge in [-0.2, -0.15) is 0 Å². The Hall–Kier alpha value is -2.36. The predicted octanol–water partition coefficient (Wildman–Crippen LogP) is 3.69. The van der Waals surface area contributed by atoms with Gasteiger partial charge in [0.15, 0.2) is 0 Å². The second-order valence-corrected chi connectivity index (χ2v) is 4.66. The highest BCUT2D eigenvalue weighted by Crippen LogP contribution is 2.22. The van der Waals surface area contributed by atoms with Crippen LogP contribution in [0.15, 0.2) is 48.5 Å². The fourth-order valence-corrected chi connectivity index (χ4v) is 1.95. The lowest BCUT2D eigenvalue weighted by molar-refractivity contribution is -0.120. The minimum Gasteiger partial charge on any atom is -0.457 e. The molecule has 1 N–H and O–H groups in total. The Morgan fingerprint density at radius 3 is 2.62 bits per heavy atom. The van der Waals surface area contributed by atoms with Gasteiger partial charge in [-0.3, -0.25) is 4.79 Å². The number of carbonyl (C=O) groups is 1. The summed E-state index contributed by atoms with van der Waals surface area (Å²) in [6.07, 6.45) is 1.11. The Labute approximate surface area is 123 Å². The molecule has 3 nitrogen and oxygen atoms in total. The van der Waals surface area contributed by atoms with E-state index in [2.05, 4.69) is 5.32 Å². The summed E-state index contributed by atoms with van der Waals surface area (Å²) in [7, 11) is 0. The third-order valence-corrected chi connectivity index (χ3v) is 2.96. The van der Waals surface area contributed by atoms with Crippen LogP contribution in [-0.2, 0) is 11.2 Å². The molecule has 0 spiro atoms. The van der Waals surface area contributed by atoms with E-state index in [0.29, 0.717) is 30.9 Å². The third kappa shape index (κ3) is 4.91. The van der Waals surface area contributed by atoms with Crippen LogP contribution >= 0.6 is 0 Å². The molecule has 0 aliphatic carbocycles. The van der Waals surface area contributed by atoms with Crippen LogP contribution in [0.5, 0.6) is 11.5 Å². The summed E-state index contributed by atoms with van der Waals surface area (Å²) in [5.41, 5.74) is 1.03. The third-order valence-electron chi connectivity index (χ3n) is 2.96. The molecular weight excluding hydrogens is 269 g/mol. The molecule has 2 aromatic rings. The molecule has 0 aliphatic heterocycles. The van der Waals surface area contributed by atoms with E-state index in [4.69, 9.17) is 4.74 Å². The van der Waals surface area contributed by atoms with Gasteiger partial charge in [0.2, 0.25) is 5.91 Å². The Bertz CT molecular complexity index is 596. The maximum atomic E-state index is 12.8. The van der Waals surface area contributed by atoms with Crippen LogP contribution < -0.4 is 10.1 Å². The first-order valence-electron chi connectivity index (χ1n) is 6.96. The zero-order valence-electron chi connectivity index (χ0n) is 11.9. The summed E-state index contributed by atoms with van der Waals surface area (Å²) < 4.78 is 18.5. The molecule has 1 amide bonds. The second kappa shape index (κ2) is 7.43. The fourth-order valence-electron chi connectivity index (χ4n) is 1.95. The van der Waals surface area contributed by atoms with Gasteiger partial charge in [-0.05, 0) is 55.3 Å². The van der Waals surface area contributed by atoms with E-state index in [0.717, 1.165) is 5.56 Å². The second-order valence-electron chi connectivity index (χ2n) is 4.66. The minimum atomic E-state index is -0.293. The summed E-state index contributed by atoms with van der Waals surface area (Å²) in [4.78, 5) is 11.4. The van der Waals surface area contributed by atoms with Crippen molar-refractivity contribution in [3.63, 3.8) is 0 Å². The molecular formula is C17H18FNO2. The summed E-state index contributed by atoms with van der Waals surface area (Å²) in [6, 6.07) is 13.4. The van der Waals surface area contributed by atoms with Crippen molar-refractivity contribution < 1.29 is 13.9 Å². The van der Waals surface area contributed by atoms with Crippen molar-refractivity contribution in [2.75, 3.05) is 6.54 Å². The summed E-state index contributed by atoms with van der Waals surface area (Å²) >= 11 is 0. The van der Waals surface area contributed by atoms with Crippen LogP contribution in [0.3, 0.4) is 0 Å². The number of ether oxygens (including phenoxy) is 1. The van der Waals surface area contributed by atoms with Gasteiger partial charge in [0.1, 0.15) is 17.3 Å². The molecule has 0 heterocycles. The van der Waals surface area contributed by atoms with Crippen molar-refractivity contribution in [3.05, 3.63) is 59.9 Å². The molecule has 0 fully saturated rings. The maximum Gasteiger partial charge on any atom is 0.220 e. The molecule has 4 heteroatoms. The van der Waals surface area contributed by atoms with Crippen LogP contribution in [0.25, 0.3) is 0 Å². The van der Waals surface area contributed by atoms with E-state index in [1.165, 1.54) is 12.1 Å². The Morgan fingerprint density at radius 2 is 1.90 bits per heavy atom. The number of rotatable bonds is 6. The fraction of sp³-hybridized carbons (Fsp3) is 0.235. The Balaban J connectivity index is 1.97. The van der Waals surface area contributed by atoms with Crippen molar-refractivity contribution in [3.8, 4) is 11.5 Å². The number of amides is 1. The number of carbonyl (C=O) groups excluding carboxylic acids is 1. The highest BCUT2D eigenvalue weighted by Gasteiger charge is 2.03. The SMILES string of the molecule is CCNC(=O)CCc1cccc(Oc2ccc(F)cc2)c1. The predicted molar refractivity (Wildman–Crippen MR) is 79.9 cm³/mol. The molecule has 0 aromatic heterocycles. The lowest BCUT2D eigenvalue weighted by atomic mass is 10.1. The number of hydrogen-bond donors (Lipinski definition) is 1. The number of aryl methyl sites for hydroxylation is 1. The molecule has 0 saturated heterocycles. The molecule has 0 aliphatic rings. The number of benzene rings is 2. The highest BCUT2D eigenvalue weighted by atomic mass is 19.1. The lowest BCUT2D eigenvalue weighted by Crippen LogP contribution is -2.22. The van der Waals surface area contributed by atoms with Crippen LogP contribution in [0, 0.1) is 5.82 Å². The van der Waals surface area contributed by atoms with E-state index in [9.17, 15) is 9.18 Å². The van der Waals surface area contributed by atoms with Gasteiger partial charge >= 0.3 is 0 Å². The van der Waals surface area contributed by atoms with Gasteiger partial charge in [-0.1, -0.05) is 12.1 Å². The first kappa shape index (κ1) is 15.0. The van der Waals surface area contributed by atoms with Crippen LogP contribution in [0.2, 0.25) is 0 Å². The Kier molecular flexibility index (Phi) is 5.32. The van der Waals surface area contributed by atoms with Crippen LogP contribution in [0.4, 0.5) is 4.39 Å². The first-order chi connectivity index (χ1) is 10.2. The van der Waals surface area contributed by atoms with Crippen molar-refractivity contribution >= 4 is 5.91 Å². The molecule has 0 atom stereocenters. The van der Waals surface area contributed by atoms with E-state index in [-0.39, 0.29) is 11.7 Å². The molecule has 110 valence electrons. The average molecular weight is 287 g/mol. The smallest absolute Gasteiger partial charge is 0.220 e. The number of nitrogens with one attached hydrogen (secondary N) is 1. The first-order valence-corrected chi connectivity index (χ1v) is 6.96. The van der Waals surface area contributed by atoms with E-state index < -0.39 is 0 Å². The maximum absolute atomic E-state index is 12.8. The number of halogens is 1. The summed E-state index contributed by atoms with van der Waals surface area (Å²) in [5, 5.41) is 2.77. The monoisotopic (exact) mass is 287 g/mol. The van der Waals surface area contributed by atoms with E-state index >= 15 is 0 Å². The van der Waals surface area contributed by atoms with Gasteiger partial charge in [-0.25, -0.2) is 4.39 Å². The molecule has 0 bridgehead atoms. The minimum absolute atomic E-state index is 0.0438. The van der Waals surface area contributed by atoms with E-state index in [1.807, 2.05) is 31.2 Å². The van der Waals surface area contributed by atoms with Crippen molar-refractivity contribution in [2.24, 2.45) is 0 Å². The van der Waals surface area contributed by atoms with Crippen molar-refractivity contribution in [2.45, 2.75) is 19.8 Å². The topological polar surface area (TPSA) is 38.3 Å². The van der Waals surface area contributed by atoms with E-state index in [1.54, 1.807) is 12.1 Å².